The number of fused-ring (bicyclic) bond motifs is 1. The predicted molar refractivity (Wildman–Crippen MR) is 135 cm³/mol. The molecule has 3 rings (SSSR count). The van der Waals surface area contributed by atoms with Crippen molar-refractivity contribution in [2.45, 2.75) is 49.8 Å². The van der Waals surface area contributed by atoms with Crippen LogP contribution in [0.4, 0.5) is 0 Å². The van der Waals surface area contributed by atoms with E-state index >= 15 is 0 Å². The normalized spacial score (nSPS) is 21.1. The first-order valence-electron chi connectivity index (χ1n) is 11.7. The molecule has 1 aliphatic rings. The van der Waals surface area contributed by atoms with Gasteiger partial charge >= 0.3 is 0 Å². The quantitative estimate of drug-likeness (QED) is 0.554. The fraction of sp³-hybridized carbons (Fsp3) is 0.542. The maximum Gasteiger partial charge on any atom is 0.261 e. The Bertz CT molecular complexity index is 1360. The largest absolute Gasteiger partial charge is 0.487 e. The molecule has 2 aromatic rings. The van der Waals surface area contributed by atoms with Crippen LogP contribution in [0, 0.1) is 23.7 Å². The van der Waals surface area contributed by atoms with Gasteiger partial charge in [0.1, 0.15) is 16.7 Å². The molecular formula is C24H34N4O6S2. The van der Waals surface area contributed by atoms with Crippen LogP contribution in [-0.4, -0.2) is 79.0 Å². The molecule has 0 unspecified atom stereocenters. The first-order chi connectivity index (χ1) is 16.8. The van der Waals surface area contributed by atoms with Crippen LogP contribution < -0.4 is 4.74 Å². The van der Waals surface area contributed by atoms with Crippen LogP contribution in [0.3, 0.4) is 0 Å². The average Bonchev–Trinajstić information content (AvgIpc) is 3.26. The average molecular weight is 539 g/mol. The summed E-state index contributed by atoms with van der Waals surface area (Å²) in [5.41, 5.74) is 0.584. The number of rotatable bonds is 6. The summed E-state index contributed by atoms with van der Waals surface area (Å²) in [5.74, 6) is 5.88. The Labute approximate surface area is 214 Å². The second-order valence-electron chi connectivity index (χ2n) is 9.49. The van der Waals surface area contributed by atoms with E-state index in [-0.39, 0.29) is 41.3 Å². The molecule has 198 valence electrons. The third kappa shape index (κ3) is 5.92. The van der Waals surface area contributed by atoms with Crippen LogP contribution in [0.15, 0.2) is 40.6 Å². The van der Waals surface area contributed by atoms with Crippen LogP contribution in [-0.2, 0) is 27.1 Å². The van der Waals surface area contributed by atoms with Crippen molar-refractivity contribution in [3.63, 3.8) is 0 Å². The first kappa shape index (κ1) is 28.1. The fourth-order valence-electron chi connectivity index (χ4n) is 3.78. The van der Waals surface area contributed by atoms with Gasteiger partial charge in [-0.2, -0.15) is 8.61 Å². The zero-order valence-corrected chi connectivity index (χ0v) is 23.0. The van der Waals surface area contributed by atoms with E-state index in [0.29, 0.717) is 5.56 Å². The van der Waals surface area contributed by atoms with Gasteiger partial charge in [0, 0.05) is 50.3 Å². The molecule has 0 fully saturated rings. The summed E-state index contributed by atoms with van der Waals surface area (Å²) in [4.78, 5) is 3.91. The number of ether oxygens (including phenoxy) is 1. The second-order valence-corrected chi connectivity index (χ2v) is 13.3. The number of hydrogen-bond acceptors (Lipinski definition) is 7. The summed E-state index contributed by atoms with van der Waals surface area (Å²) < 4.78 is 63.5. The smallest absolute Gasteiger partial charge is 0.261 e. The molecule has 1 aromatic heterocycles. The maximum absolute atomic E-state index is 13.6. The minimum absolute atomic E-state index is 0.0389. The van der Waals surface area contributed by atoms with E-state index in [9.17, 15) is 21.9 Å². The van der Waals surface area contributed by atoms with E-state index in [4.69, 9.17) is 4.74 Å². The van der Waals surface area contributed by atoms with Gasteiger partial charge in [-0.3, -0.25) is 0 Å². The molecule has 0 saturated carbocycles. The Balaban J connectivity index is 2.06. The van der Waals surface area contributed by atoms with Crippen LogP contribution in [0.1, 0.15) is 33.3 Å². The van der Waals surface area contributed by atoms with Crippen molar-refractivity contribution in [1.82, 2.24) is 18.2 Å². The van der Waals surface area contributed by atoms with Gasteiger partial charge in [0.05, 0.1) is 19.5 Å². The molecule has 0 amide bonds. The number of imidazole rings is 1. The van der Waals surface area contributed by atoms with E-state index in [1.165, 1.54) is 29.9 Å². The maximum atomic E-state index is 13.6. The zero-order valence-electron chi connectivity index (χ0n) is 21.4. The van der Waals surface area contributed by atoms with Crippen LogP contribution in [0.25, 0.3) is 0 Å². The number of aliphatic hydroxyl groups excluding tert-OH is 1. The monoisotopic (exact) mass is 538 g/mol. The molecule has 36 heavy (non-hydrogen) atoms. The number of aromatic nitrogens is 2. The molecule has 0 bridgehead atoms. The van der Waals surface area contributed by atoms with Gasteiger partial charge in [0.2, 0.25) is 10.0 Å². The fourth-order valence-corrected chi connectivity index (χ4v) is 6.75. The summed E-state index contributed by atoms with van der Waals surface area (Å²) in [6.45, 7) is 6.96. The Hall–Kier alpha value is -2.43. The molecule has 0 radical (unpaired) electrons. The SMILES string of the molecule is CC(C)C#Cc1ccc2c(c1)O[C@H](CN(C)S(=O)(=O)c1cn(C)cn1)[C@@H](C)CN([C@H](C)CO)S2(=O)=O. The van der Waals surface area contributed by atoms with Gasteiger partial charge in [0.25, 0.3) is 10.0 Å². The Morgan fingerprint density at radius 2 is 2.00 bits per heavy atom. The first-order valence-corrected chi connectivity index (χ1v) is 14.5. The molecule has 3 atom stereocenters. The summed E-state index contributed by atoms with van der Waals surface area (Å²) in [6.07, 6.45) is 2.13. The molecular weight excluding hydrogens is 504 g/mol. The Morgan fingerprint density at radius 1 is 1.31 bits per heavy atom. The number of sulfonamides is 2. The Morgan fingerprint density at radius 3 is 2.58 bits per heavy atom. The van der Waals surface area contributed by atoms with E-state index < -0.39 is 38.1 Å². The molecule has 0 saturated heterocycles. The molecule has 10 nitrogen and oxygen atoms in total. The molecule has 1 aliphatic heterocycles. The zero-order chi connectivity index (χ0) is 26.8. The molecule has 1 N–H and O–H groups in total. The van der Waals surface area contributed by atoms with Gasteiger partial charge in [-0.25, -0.2) is 21.8 Å². The molecule has 0 aliphatic carbocycles. The van der Waals surface area contributed by atoms with Gasteiger partial charge in [0.15, 0.2) is 5.03 Å². The summed E-state index contributed by atoms with van der Waals surface area (Å²) in [6, 6.07) is 3.96. The molecule has 0 spiro atoms. The summed E-state index contributed by atoms with van der Waals surface area (Å²) >= 11 is 0. The van der Waals surface area contributed by atoms with Crippen molar-refractivity contribution in [3.8, 4) is 17.6 Å². The third-order valence-corrected chi connectivity index (χ3v) is 9.69. The third-order valence-electron chi connectivity index (χ3n) is 5.97. The Kier molecular flexibility index (Phi) is 8.52. The highest BCUT2D eigenvalue weighted by Crippen LogP contribution is 2.34. The molecule has 2 heterocycles. The second kappa shape index (κ2) is 10.9. The van der Waals surface area contributed by atoms with E-state index in [2.05, 4.69) is 16.8 Å². The summed E-state index contributed by atoms with van der Waals surface area (Å²) in [7, 11) is -4.78. The number of aliphatic hydroxyl groups is 1. The highest BCUT2D eigenvalue weighted by molar-refractivity contribution is 7.89. The van der Waals surface area contributed by atoms with Crippen LogP contribution in [0.2, 0.25) is 0 Å². The highest BCUT2D eigenvalue weighted by atomic mass is 32.2. The number of likely N-dealkylation sites (N-methyl/N-ethyl adjacent to an activating group) is 1. The lowest BCUT2D eigenvalue weighted by molar-refractivity contribution is 0.0904. The highest BCUT2D eigenvalue weighted by Gasteiger charge is 2.39. The number of nitrogens with zero attached hydrogens (tertiary/aromatic N) is 4. The number of hydrogen-bond donors (Lipinski definition) is 1. The molecule has 12 heteroatoms. The van der Waals surface area contributed by atoms with E-state index in [1.807, 2.05) is 13.8 Å². The van der Waals surface area contributed by atoms with Gasteiger partial charge in [-0.15, -0.1) is 0 Å². The van der Waals surface area contributed by atoms with Crippen molar-refractivity contribution in [2.24, 2.45) is 18.9 Å². The lowest BCUT2D eigenvalue weighted by atomic mass is 10.0. The van der Waals surface area contributed by atoms with Crippen molar-refractivity contribution in [2.75, 3.05) is 26.7 Å². The lowest BCUT2D eigenvalue weighted by Crippen LogP contribution is -2.50. The van der Waals surface area contributed by atoms with Gasteiger partial charge in [-0.05, 0) is 25.1 Å². The van der Waals surface area contributed by atoms with Crippen LogP contribution >= 0.6 is 0 Å². The van der Waals surface area contributed by atoms with E-state index in [1.54, 1.807) is 37.6 Å². The van der Waals surface area contributed by atoms with Gasteiger partial charge in [-0.1, -0.05) is 32.6 Å². The van der Waals surface area contributed by atoms with Gasteiger partial charge < -0.3 is 14.4 Å². The molecule has 1 aromatic carbocycles. The number of aryl methyl sites for hydroxylation is 1. The van der Waals surface area contributed by atoms with Crippen LogP contribution in [0.5, 0.6) is 5.75 Å². The topological polar surface area (TPSA) is 122 Å². The predicted octanol–water partition coefficient (Wildman–Crippen LogP) is 1.52. The van der Waals surface area contributed by atoms with Crippen molar-refractivity contribution in [1.29, 1.82) is 0 Å². The standard InChI is InChI=1S/C24H34N4O6S2/c1-17(2)7-8-20-9-10-23-21(11-20)34-22(18(3)12-28(19(4)15-29)35(23,30)31)13-27(6)36(32,33)24-14-26(5)16-25-24/h9-11,14,16-19,22,29H,12-13,15H2,1-6H3/t18-,19+,22+/m0/s1. The van der Waals surface area contributed by atoms with Crippen molar-refractivity contribution in [3.05, 3.63) is 36.3 Å². The lowest BCUT2D eigenvalue weighted by Gasteiger charge is -2.37. The van der Waals surface area contributed by atoms with Crippen molar-refractivity contribution < 1.29 is 26.7 Å². The summed E-state index contributed by atoms with van der Waals surface area (Å²) in [5, 5.41) is 9.69. The van der Waals surface area contributed by atoms with E-state index in [0.717, 1.165) is 4.31 Å². The number of benzene rings is 1. The minimum Gasteiger partial charge on any atom is -0.487 e. The van der Waals surface area contributed by atoms with Crippen molar-refractivity contribution >= 4 is 20.0 Å². The minimum atomic E-state index is -4.00.